The molecular formula is C32H43ClN9OP. The number of fused-ring (bicyclic) bond motifs is 1. The van der Waals surface area contributed by atoms with Gasteiger partial charge in [-0.15, -0.1) is 0 Å². The Hall–Kier alpha value is -3.17. The monoisotopic (exact) mass is 635 g/mol. The van der Waals surface area contributed by atoms with E-state index in [9.17, 15) is 4.57 Å². The molecule has 0 atom stereocenters. The van der Waals surface area contributed by atoms with Crippen LogP contribution in [0.1, 0.15) is 24.0 Å². The lowest BCUT2D eigenvalue weighted by atomic mass is 10.0. The SMILES string of the molecule is Cc1ccc(Nc2nc(Nc3ccc4c(N5CCC(N6CCN(C)CC6)CC5)n(C)nc4c3)ncc2Cl)c(P(C)(C)=O)c1C. The Kier molecular flexibility index (Phi) is 8.63. The molecule has 2 aromatic carbocycles. The van der Waals surface area contributed by atoms with E-state index in [-0.39, 0.29) is 0 Å². The van der Waals surface area contributed by atoms with Crippen LogP contribution in [0.25, 0.3) is 10.9 Å². The summed E-state index contributed by atoms with van der Waals surface area (Å²) in [5, 5.41) is 13.8. The Morgan fingerprint density at radius 1 is 0.955 bits per heavy atom. The summed E-state index contributed by atoms with van der Waals surface area (Å²) in [6, 6.07) is 10.8. The molecule has 2 aliphatic heterocycles. The van der Waals surface area contributed by atoms with E-state index < -0.39 is 7.14 Å². The minimum absolute atomic E-state index is 0.378. The number of nitrogens with zero attached hydrogens (tertiary/aromatic N) is 7. The number of rotatable bonds is 7. The number of nitrogens with one attached hydrogen (secondary N) is 2. The van der Waals surface area contributed by atoms with Gasteiger partial charge < -0.3 is 25.0 Å². The van der Waals surface area contributed by atoms with Crippen molar-refractivity contribution in [2.24, 2.45) is 7.05 Å². The van der Waals surface area contributed by atoms with Crippen molar-refractivity contribution in [3.63, 3.8) is 0 Å². The second-order valence-electron chi connectivity index (χ2n) is 12.6. The number of likely N-dealkylation sites (N-methyl/N-ethyl adjacent to an activating group) is 1. The summed E-state index contributed by atoms with van der Waals surface area (Å²) in [4.78, 5) is 16.7. The molecule has 4 heterocycles. The predicted molar refractivity (Wildman–Crippen MR) is 184 cm³/mol. The minimum atomic E-state index is -2.57. The van der Waals surface area contributed by atoms with Gasteiger partial charge in [0.15, 0.2) is 5.82 Å². The maximum atomic E-state index is 13.2. The van der Waals surface area contributed by atoms with Crippen LogP contribution < -0.4 is 20.8 Å². The fourth-order valence-corrected chi connectivity index (χ4v) is 8.47. The van der Waals surface area contributed by atoms with Gasteiger partial charge in [-0.25, -0.2) is 4.98 Å². The van der Waals surface area contributed by atoms with Crippen LogP contribution in [0.5, 0.6) is 0 Å². The van der Waals surface area contributed by atoms with Crippen LogP contribution in [-0.2, 0) is 11.6 Å². The van der Waals surface area contributed by atoms with Gasteiger partial charge in [0, 0.05) is 68.7 Å². The van der Waals surface area contributed by atoms with Gasteiger partial charge in [-0.05, 0) is 82.5 Å². The van der Waals surface area contributed by atoms with E-state index in [4.69, 9.17) is 16.7 Å². The lowest BCUT2D eigenvalue weighted by Crippen LogP contribution is -2.52. The highest BCUT2D eigenvalue weighted by molar-refractivity contribution is 7.70. The van der Waals surface area contributed by atoms with E-state index in [0.717, 1.165) is 64.9 Å². The second-order valence-corrected chi connectivity index (χ2v) is 16.2. The average molecular weight is 636 g/mol. The molecular weight excluding hydrogens is 593 g/mol. The zero-order chi connectivity index (χ0) is 31.2. The highest BCUT2D eigenvalue weighted by Gasteiger charge is 2.28. The van der Waals surface area contributed by atoms with Crippen LogP contribution in [0.2, 0.25) is 5.02 Å². The molecule has 0 amide bonds. The number of aryl methyl sites for hydroxylation is 2. The van der Waals surface area contributed by atoms with Crippen molar-refractivity contribution in [1.82, 2.24) is 29.5 Å². The molecule has 0 unspecified atom stereocenters. The Balaban J connectivity index is 1.18. The Bertz CT molecular complexity index is 1720. The third-order valence-electron chi connectivity index (χ3n) is 9.11. The molecule has 2 fully saturated rings. The smallest absolute Gasteiger partial charge is 0.229 e. The molecule has 0 radical (unpaired) electrons. The summed E-state index contributed by atoms with van der Waals surface area (Å²) < 4.78 is 15.2. The first-order valence-electron chi connectivity index (χ1n) is 15.3. The number of piperazine rings is 1. The maximum Gasteiger partial charge on any atom is 0.229 e. The molecule has 6 rings (SSSR count). The van der Waals surface area contributed by atoms with E-state index in [1.54, 1.807) is 19.5 Å². The van der Waals surface area contributed by atoms with Gasteiger partial charge in [0.1, 0.15) is 18.0 Å². The van der Waals surface area contributed by atoms with Crippen molar-refractivity contribution < 1.29 is 4.57 Å². The van der Waals surface area contributed by atoms with E-state index in [2.05, 4.69) is 48.4 Å². The van der Waals surface area contributed by atoms with Crippen LogP contribution in [0.3, 0.4) is 0 Å². The molecule has 44 heavy (non-hydrogen) atoms. The van der Waals surface area contributed by atoms with Gasteiger partial charge in [0.05, 0.1) is 17.4 Å². The van der Waals surface area contributed by atoms with Crippen LogP contribution in [-0.4, -0.2) is 95.2 Å². The first kappa shape index (κ1) is 30.8. The van der Waals surface area contributed by atoms with E-state index in [1.807, 2.05) is 49.8 Å². The predicted octanol–water partition coefficient (Wildman–Crippen LogP) is 5.58. The third kappa shape index (κ3) is 6.31. The molecule has 0 aliphatic carbocycles. The molecule has 0 saturated carbocycles. The van der Waals surface area contributed by atoms with Gasteiger partial charge in [-0.3, -0.25) is 9.58 Å². The number of benzene rings is 2. The lowest BCUT2D eigenvalue weighted by molar-refractivity contribution is 0.0981. The molecule has 2 N–H and O–H groups in total. The summed E-state index contributed by atoms with van der Waals surface area (Å²) in [6.07, 6.45) is 3.93. The van der Waals surface area contributed by atoms with Crippen LogP contribution in [0.4, 0.5) is 29.0 Å². The number of halogens is 1. The molecule has 234 valence electrons. The first-order valence-corrected chi connectivity index (χ1v) is 18.3. The van der Waals surface area contributed by atoms with E-state index in [1.165, 1.54) is 31.7 Å². The molecule has 10 nitrogen and oxygen atoms in total. The van der Waals surface area contributed by atoms with Crippen LogP contribution in [0.15, 0.2) is 36.5 Å². The van der Waals surface area contributed by atoms with Crippen molar-refractivity contribution in [3.8, 4) is 0 Å². The highest BCUT2D eigenvalue weighted by Crippen LogP contribution is 2.41. The van der Waals surface area contributed by atoms with Gasteiger partial charge in [0.2, 0.25) is 5.95 Å². The van der Waals surface area contributed by atoms with Crippen LogP contribution >= 0.6 is 18.7 Å². The number of anilines is 5. The lowest BCUT2D eigenvalue weighted by Gasteiger charge is -2.42. The van der Waals surface area contributed by atoms with Gasteiger partial charge in [0.25, 0.3) is 0 Å². The van der Waals surface area contributed by atoms with Crippen molar-refractivity contribution in [3.05, 3.63) is 52.7 Å². The molecule has 4 aromatic rings. The maximum absolute atomic E-state index is 13.2. The highest BCUT2D eigenvalue weighted by atomic mass is 35.5. The van der Waals surface area contributed by atoms with E-state index in [0.29, 0.717) is 22.8 Å². The zero-order valence-electron chi connectivity index (χ0n) is 26.6. The van der Waals surface area contributed by atoms with Crippen molar-refractivity contribution in [1.29, 1.82) is 0 Å². The number of piperidine rings is 1. The number of hydrogen-bond acceptors (Lipinski definition) is 9. The standard InChI is InChI=1S/C32H43ClN9OP/c1-21-7-10-27(29(22(21)2)44(5,6)43)36-30-26(33)20-34-32(37-30)35-23-8-9-25-28(19-23)38-40(4)31(25)42-13-11-24(12-14-42)41-17-15-39(3)16-18-41/h7-10,19-20,24H,11-18H2,1-6H3,(H2,34,35,36,37). The summed E-state index contributed by atoms with van der Waals surface area (Å²) in [7, 11) is 1.68. The molecule has 2 saturated heterocycles. The first-order chi connectivity index (χ1) is 21.0. The fraction of sp³-hybridized carbons (Fsp3) is 0.469. The largest absolute Gasteiger partial charge is 0.356 e. The van der Waals surface area contributed by atoms with Crippen molar-refractivity contribution in [2.45, 2.75) is 32.7 Å². The fourth-order valence-electron chi connectivity index (χ4n) is 6.64. The normalized spacial score (nSPS) is 17.4. The minimum Gasteiger partial charge on any atom is -0.356 e. The van der Waals surface area contributed by atoms with Crippen LogP contribution in [0, 0.1) is 13.8 Å². The summed E-state index contributed by atoms with van der Waals surface area (Å²) in [6.45, 7) is 14.3. The summed E-state index contributed by atoms with van der Waals surface area (Å²) >= 11 is 6.51. The molecule has 2 aliphatic rings. The third-order valence-corrected chi connectivity index (χ3v) is 11.0. The summed E-state index contributed by atoms with van der Waals surface area (Å²) in [5.41, 5.74) is 4.59. The van der Waals surface area contributed by atoms with Crippen molar-refractivity contribution in [2.75, 3.05) is 75.2 Å². The van der Waals surface area contributed by atoms with Crippen molar-refractivity contribution >= 4 is 63.9 Å². The number of aromatic nitrogens is 4. The Morgan fingerprint density at radius 3 is 2.39 bits per heavy atom. The van der Waals surface area contributed by atoms with Gasteiger partial charge >= 0.3 is 0 Å². The molecule has 12 heteroatoms. The average Bonchev–Trinajstić information content (AvgIpc) is 3.31. The molecule has 0 bridgehead atoms. The Morgan fingerprint density at radius 2 is 1.68 bits per heavy atom. The summed E-state index contributed by atoms with van der Waals surface area (Å²) in [5.74, 6) is 2.02. The number of hydrogen-bond donors (Lipinski definition) is 2. The quantitative estimate of drug-likeness (QED) is 0.252. The second kappa shape index (κ2) is 12.3. The molecule has 2 aromatic heterocycles. The van der Waals surface area contributed by atoms with Gasteiger partial charge in [-0.2, -0.15) is 10.1 Å². The zero-order valence-corrected chi connectivity index (χ0v) is 28.2. The molecule has 0 spiro atoms. The Labute approximate surface area is 265 Å². The van der Waals surface area contributed by atoms with E-state index >= 15 is 0 Å². The van der Waals surface area contributed by atoms with Gasteiger partial charge in [-0.1, -0.05) is 17.7 Å². The topological polar surface area (TPSA) is 94.5 Å².